The normalized spacial score (nSPS) is 12.6. The van der Waals surface area contributed by atoms with Gasteiger partial charge in [0.25, 0.3) is 0 Å². The highest BCUT2D eigenvalue weighted by atomic mass is 79.9. The van der Waals surface area contributed by atoms with Crippen LogP contribution in [-0.2, 0) is 9.53 Å². The van der Waals surface area contributed by atoms with Crippen molar-refractivity contribution in [2.75, 3.05) is 5.33 Å². The van der Waals surface area contributed by atoms with Gasteiger partial charge in [0.15, 0.2) is 0 Å². The lowest BCUT2D eigenvalue weighted by Crippen LogP contribution is -2.17. The second-order valence-electron chi connectivity index (χ2n) is 2.44. The van der Waals surface area contributed by atoms with Crippen molar-refractivity contribution in [3.05, 3.63) is 0 Å². The van der Waals surface area contributed by atoms with Gasteiger partial charge in [-0.2, -0.15) is 0 Å². The van der Waals surface area contributed by atoms with Crippen LogP contribution in [0, 0.1) is 0 Å². The van der Waals surface area contributed by atoms with Crippen LogP contribution in [0.2, 0.25) is 0 Å². The van der Waals surface area contributed by atoms with Crippen LogP contribution in [0.3, 0.4) is 0 Å². The van der Waals surface area contributed by atoms with Crippen molar-refractivity contribution in [1.29, 1.82) is 0 Å². The van der Waals surface area contributed by atoms with Gasteiger partial charge in [-0.15, -0.1) is 0 Å². The Hall–Kier alpha value is -0.0500. The van der Waals surface area contributed by atoms with Crippen LogP contribution in [0.25, 0.3) is 0 Å². The van der Waals surface area contributed by atoms with Gasteiger partial charge in [-0.05, 0) is 12.8 Å². The highest BCUT2D eigenvalue weighted by Gasteiger charge is 2.09. The van der Waals surface area contributed by atoms with Gasteiger partial charge < -0.3 is 4.74 Å². The van der Waals surface area contributed by atoms with Gasteiger partial charge in [-0.1, -0.05) is 36.2 Å². The Bertz CT molecular complexity index is 115. The Morgan fingerprint density at radius 2 is 2.18 bits per heavy atom. The van der Waals surface area contributed by atoms with Crippen molar-refractivity contribution >= 4 is 21.9 Å². The third-order valence-electron chi connectivity index (χ3n) is 1.47. The Morgan fingerprint density at radius 3 is 2.55 bits per heavy atom. The van der Waals surface area contributed by atoms with Crippen LogP contribution in [-0.4, -0.2) is 17.4 Å². The molecule has 0 rings (SSSR count). The van der Waals surface area contributed by atoms with Crippen LogP contribution >= 0.6 is 15.9 Å². The molecule has 3 heteroatoms. The fraction of sp³-hybridized carbons (Fsp3) is 0.875. The van der Waals surface area contributed by atoms with Crippen LogP contribution in [0.5, 0.6) is 0 Å². The lowest BCUT2D eigenvalue weighted by molar-refractivity contribution is -0.146. The number of carbonyl (C=O) groups excluding carboxylic acids is 1. The summed E-state index contributed by atoms with van der Waals surface area (Å²) in [7, 11) is 0. The number of esters is 1. The van der Waals surface area contributed by atoms with Gasteiger partial charge in [0.2, 0.25) is 0 Å². The summed E-state index contributed by atoms with van der Waals surface area (Å²) in [6.07, 6.45) is 3.06. The molecule has 66 valence electrons. The van der Waals surface area contributed by atoms with Gasteiger partial charge in [-0.25, -0.2) is 0 Å². The molecule has 0 aromatic heterocycles. The van der Waals surface area contributed by atoms with Crippen molar-refractivity contribution in [1.82, 2.24) is 0 Å². The number of ether oxygens (including phenoxy) is 1. The second-order valence-corrected chi connectivity index (χ2v) is 3.00. The molecular formula is C8H15BrO2. The Kier molecular flexibility index (Phi) is 6.62. The molecule has 0 spiro atoms. The fourth-order valence-electron chi connectivity index (χ4n) is 0.886. The van der Waals surface area contributed by atoms with E-state index < -0.39 is 0 Å². The van der Waals surface area contributed by atoms with Gasteiger partial charge in [0, 0.05) is 0 Å². The average molecular weight is 223 g/mol. The molecule has 0 N–H and O–H groups in total. The molecule has 0 saturated heterocycles. The van der Waals surface area contributed by atoms with E-state index in [1.165, 1.54) is 0 Å². The van der Waals surface area contributed by atoms with Gasteiger partial charge >= 0.3 is 5.97 Å². The topological polar surface area (TPSA) is 26.3 Å². The van der Waals surface area contributed by atoms with Crippen molar-refractivity contribution < 1.29 is 9.53 Å². The third-order valence-corrected chi connectivity index (χ3v) is 1.93. The predicted octanol–water partition coefficient (Wildman–Crippen LogP) is 2.50. The van der Waals surface area contributed by atoms with E-state index in [2.05, 4.69) is 22.9 Å². The van der Waals surface area contributed by atoms with E-state index in [0.717, 1.165) is 19.3 Å². The summed E-state index contributed by atoms with van der Waals surface area (Å²) in [5.74, 6) is -0.162. The lowest BCUT2D eigenvalue weighted by Gasteiger charge is -2.13. The molecule has 0 aromatic carbocycles. The van der Waals surface area contributed by atoms with E-state index in [-0.39, 0.29) is 12.1 Å². The molecular weight excluding hydrogens is 208 g/mol. The zero-order valence-electron chi connectivity index (χ0n) is 7.10. The Balaban J connectivity index is 3.58. The van der Waals surface area contributed by atoms with Crippen LogP contribution in [0.1, 0.15) is 33.1 Å². The zero-order chi connectivity index (χ0) is 8.69. The largest absolute Gasteiger partial charge is 0.462 e. The van der Waals surface area contributed by atoms with Crippen molar-refractivity contribution in [2.24, 2.45) is 0 Å². The number of halogens is 1. The first kappa shape index (κ1) is 11.0. The van der Waals surface area contributed by atoms with E-state index >= 15 is 0 Å². The first-order chi connectivity index (χ1) is 5.24. The summed E-state index contributed by atoms with van der Waals surface area (Å²) < 4.78 is 5.10. The van der Waals surface area contributed by atoms with Gasteiger partial charge in [0.05, 0.1) is 0 Å². The molecule has 0 saturated carbocycles. The molecule has 0 heterocycles. The lowest BCUT2D eigenvalue weighted by atomic mass is 10.2. The van der Waals surface area contributed by atoms with Crippen molar-refractivity contribution in [3.8, 4) is 0 Å². The summed E-state index contributed by atoms with van der Waals surface area (Å²) in [5, 5.41) is 0.299. The molecule has 0 aliphatic rings. The third kappa shape index (κ3) is 5.24. The molecule has 0 aromatic rings. The summed E-state index contributed by atoms with van der Waals surface area (Å²) in [6, 6.07) is 0. The highest BCUT2D eigenvalue weighted by Crippen LogP contribution is 2.06. The molecule has 0 bridgehead atoms. The van der Waals surface area contributed by atoms with Crippen molar-refractivity contribution in [3.63, 3.8) is 0 Å². The maximum Gasteiger partial charge on any atom is 0.316 e. The predicted molar refractivity (Wildman–Crippen MR) is 48.9 cm³/mol. The monoisotopic (exact) mass is 222 g/mol. The number of carbonyl (C=O) groups is 1. The summed E-state index contributed by atoms with van der Waals surface area (Å²) in [6.45, 7) is 4.12. The molecule has 0 aliphatic carbocycles. The van der Waals surface area contributed by atoms with Crippen LogP contribution in [0.15, 0.2) is 0 Å². The molecule has 11 heavy (non-hydrogen) atoms. The molecule has 1 unspecified atom stereocenters. The summed E-state index contributed by atoms with van der Waals surface area (Å²) in [5.41, 5.74) is 0. The average Bonchev–Trinajstić information content (AvgIpc) is 2.03. The van der Waals surface area contributed by atoms with Gasteiger partial charge in [-0.3, -0.25) is 4.79 Å². The molecule has 2 nitrogen and oxygen atoms in total. The van der Waals surface area contributed by atoms with E-state index in [0.29, 0.717) is 5.33 Å². The quantitative estimate of drug-likeness (QED) is 0.528. The number of hydrogen-bond acceptors (Lipinski definition) is 2. The Morgan fingerprint density at radius 1 is 1.55 bits per heavy atom. The van der Waals surface area contributed by atoms with E-state index in [1.807, 2.05) is 6.92 Å². The number of rotatable bonds is 5. The highest BCUT2D eigenvalue weighted by molar-refractivity contribution is 9.09. The first-order valence-electron chi connectivity index (χ1n) is 4.00. The SMILES string of the molecule is CCCC(CC)OC(=O)CBr. The van der Waals surface area contributed by atoms with Gasteiger partial charge in [0.1, 0.15) is 11.4 Å². The molecule has 1 atom stereocenters. The van der Waals surface area contributed by atoms with Crippen molar-refractivity contribution in [2.45, 2.75) is 39.2 Å². The molecule has 0 fully saturated rings. The molecule has 0 radical (unpaired) electrons. The second kappa shape index (κ2) is 6.65. The number of hydrogen-bond donors (Lipinski definition) is 0. The first-order valence-corrected chi connectivity index (χ1v) is 5.12. The zero-order valence-corrected chi connectivity index (χ0v) is 8.69. The van der Waals surface area contributed by atoms with E-state index in [4.69, 9.17) is 4.74 Å². The molecule has 0 aliphatic heterocycles. The standard InChI is InChI=1S/C8H15BrO2/c1-3-5-7(4-2)11-8(10)6-9/h7H,3-6H2,1-2H3. The van der Waals surface area contributed by atoms with Crippen LogP contribution in [0.4, 0.5) is 0 Å². The minimum absolute atomic E-state index is 0.116. The number of alkyl halides is 1. The van der Waals surface area contributed by atoms with E-state index in [9.17, 15) is 4.79 Å². The fourth-order valence-corrected chi connectivity index (χ4v) is 1.02. The minimum atomic E-state index is -0.162. The molecule has 0 amide bonds. The summed E-state index contributed by atoms with van der Waals surface area (Å²) >= 11 is 3.05. The minimum Gasteiger partial charge on any atom is -0.462 e. The summed E-state index contributed by atoms with van der Waals surface area (Å²) in [4.78, 5) is 10.8. The maximum atomic E-state index is 10.8. The van der Waals surface area contributed by atoms with Crippen LogP contribution < -0.4 is 0 Å². The van der Waals surface area contributed by atoms with E-state index in [1.54, 1.807) is 0 Å². The smallest absolute Gasteiger partial charge is 0.316 e. The Labute approximate surface area is 76.4 Å². The maximum absolute atomic E-state index is 10.8.